The first kappa shape index (κ1) is 11.2. The molecular weight excluding hydrogens is 175 g/mol. The highest BCUT2D eigenvalue weighted by Crippen LogP contribution is 2.24. The molecule has 0 fully saturated rings. The van der Waals surface area contributed by atoms with Gasteiger partial charge in [0.05, 0.1) is 0 Å². The van der Waals surface area contributed by atoms with Crippen LogP contribution in [0.4, 0.5) is 4.39 Å². The topological polar surface area (TPSA) is 0 Å². The molecule has 0 aliphatic heterocycles. The van der Waals surface area contributed by atoms with Crippen LogP contribution in [0.2, 0.25) is 0 Å². The molecule has 0 aromatic heterocycles. The molecule has 0 saturated heterocycles. The Morgan fingerprint density at radius 3 is 2.43 bits per heavy atom. The molecule has 0 aliphatic rings. The molecule has 0 N–H and O–H groups in total. The normalized spacial score (nSPS) is 11.0. The zero-order chi connectivity index (χ0) is 10.7. The van der Waals surface area contributed by atoms with E-state index in [1.165, 1.54) is 0 Å². The molecule has 0 bridgehead atoms. The molecule has 1 aromatic carbocycles. The third kappa shape index (κ3) is 2.14. The quantitative estimate of drug-likeness (QED) is 0.676. The van der Waals surface area contributed by atoms with Crippen molar-refractivity contribution in [3.8, 4) is 0 Å². The second-order valence-corrected chi connectivity index (χ2v) is 4.16. The molecule has 0 spiro atoms. The Morgan fingerprint density at radius 1 is 1.29 bits per heavy atom. The van der Waals surface area contributed by atoms with E-state index in [1.54, 1.807) is 0 Å². The van der Waals surface area contributed by atoms with Crippen LogP contribution >= 0.6 is 0 Å². The summed E-state index contributed by atoms with van der Waals surface area (Å²) in [5.74, 6) is 0.260. The van der Waals surface area contributed by atoms with Crippen molar-refractivity contribution < 1.29 is 4.39 Å². The third-order valence-electron chi connectivity index (χ3n) is 2.67. The van der Waals surface area contributed by atoms with Gasteiger partial charge in [-0.05, 0) is 36.0 Å². The van der Waals surface area contributed by atoms with Crippen molar-refractivity contribution in [2.45, 2.75) is 46.5 Å². The van der Waals surface area contributed by atoms with Gasteiger partial charge in [-0.3, -0.25) is 0 Å². The summed E-state index contributed by atoms with van der Waals surface area (Å²) in [4.78, 5) is 0. The maximum Gasteiger partial charge on any atom is 0.129 e. The average molecular weight is 194 g/mol. The molecular formula is C13H19F. The predicted molar refractivity (Wildman–Crippen MR) is 59.2 cm³/mol. The van der Waals surface area contributed by atoms with Crippen molar-refractivity contribution in [2.24, 2.45) is 0 Å². The van der Waals surface area contributed by atoms with E-state index in [0.717, 1.165) is 29.5 Å². The summed E-state index contributed by atoms with van der Waals surface area (Å²) in [6.45, 7) is 8.05. The molecule has 0 amide bonds. The molecule has 1 heteroatoms. The molecule has 0 heterocycles. The van der Waals surface area contributed by atoms with E-state index in [1.807, 2.05) is 26.8 Å². The molecule has 78 valence electrons. The highest BCUT2D eigenvalue weighted by Gasteiger charge is 2.11. The molecule has 0 atom stereocenters. The summed E-state index contributed by atoms with van der Waals surface area (Å²) < 4.78 is 13.8. The van der Waals surface area contributed by atoms with Crippen LogP contribution in [0.3, 0.4) is 0 Å². The monoisotopic (exact) mass is 194 g/mol. The van der Waals surface area contributed by atoms with Crippen LogP contribution in [-0.2, 0) is 6.42 Å². The predicted octanol–water partition coefficient (Wildman–Crippen LogP) is 4.21. The van der Waals surface area contributed by atoms with Crippen LogP contribution in [0.1, 0.15) is 49.8 Å². The second kappa shape index (κ2) is 4.59. The fourth-order valence-electron chi connectivity index (χ4n) is 1.73. The van der Waals surface area contributed by atoms with Gasteiger partial charge in [-0.1, -0.05) is 39.3 Å². The highest BCUT2D eigenvalue weighted by atomic mass is 19.1. The molecule has 0 aliphatic carbocycles. The average Bonchev–Trinajstić information content (AvgIpc) is 2.13. The molecule has 1 aromatic rings. The number of aryl methyl sites for hydroxylation is 1. The minimum absolute atomic E-state index is 0.00838. The Kier molecular flexibility index (Phi) is 3.68. The molecule has 14 heavy (non-hydrogen) atoms. The molecule has 0 nitrogen and oxygen atoms in total. The van der Waals surface area contributed by atoms with Crippen molar-refractivity contribution in [3.05, 3.63) is 34.6 Å². The zero-order valence-electron chi connectivity index (χ0n) is 9.52. The molecule has 0 unspecified atom stereocenters. The van der Waals surface area contributed by atoms with Gasteiger partial charge < -0.3 is 0 Å². The zero-order valence-corrected chi connectivity index (χ0v) is 9.52. The summed E-state index contributed by atoms with van der Waals surface area (Å²) in [7, 11) is 0. The van der Waals surface area contributed by atoms with Gasteiger partial charge >= 0.3 is 0 Å². The van der Waals surface area contributed by atoms with E-state index >= 15 is 0 Å². The van der Waals surface area contributed by atoms with Gasteiger partial charge in [-0.15, -0.1) is 0 Å². The fraction of sp³-hybridized carbons (Fsp3) is 0.538. The maximum absolute atomic E-state index is 13.8. The van der Waals surface area contributed by atoms with E-state index < -0.39 is 0 Å². The van der Waals surface area contributed by atoms with Crippen LogP contribution in [0.15, 0.2) is 12.1 Å². The molecule has 0 radical (unpaired) electrons. The van der Waals surface area contributed by atoms with E-state index in [4.69, 9.17) is 0 Å². The SMILES string of the molecule is CCCc1ccc(C(C)C)c(F)c1C. The van der Waals surface area contributed by atoms with E-state index in [9.17, 15) is 4.39 Å². The minimum Gasteiger partial charge on any atom is -0.206 e. The Bertz CT molecular complexity index is 313. The van der Waals surface area contributed by atoms with Gasteiger partial charge in [0, 0.05) is 0 Å². The summed E-state index contributed by atoms with van der Waals surface area (Å²) >= 11 is 0. The Balaban J connectivity index is 3.12. The summed E-state index contributed by atoms with van der Waals surface area (Å²) in [6, 6.07) is 4.00. The van der Waals surface area contributed by atoms with Gasteiger partial charge in [0.25, 0.3) is 0 Å². The number of halogens is 1. The maximum atomic E-state index is 13.8. The lowest BCUT2D eigenvalue weighted by Gasteiger charge is -2.12. The van der Waals surface area contributed by atoms with Crippen molar-refractivity contribution in [3.63, 3.8) is 0 Å². The van der Waals surface area contributed by atoms with Gasteiger partial charge in [0.1, 0.15) is 5.82 Å². The molecule has 1 rings (SSSR count). The van der Waals surface area contributed by atoms with E-state index in [0.29, 0.717) is 0 Å². The first-order valence-electron chi connectivity index (χ1n) is 5.35. The first-order chi connectivity index (χ1) is 6.57. The van der Waals surface area contributed by atoms with Crippen LogP contribution in [0.25, 0.3) is 0 Å². The van der Waals surface area contributed by atoms with Gasteiger partial charge in [-0.2, -0.15) is 0 Å². The summed E-state index contributed by atoms with van der Waals surface area (Å²) in [5, 5.41) is 0. The second-order valence-electron chi connectivity index (χ2n) is 4.16. The first-order valence-corrected chi connectivity index (χ1v) is 5.35. The highest BCUT2D eigenvalue weighted by molar-refractivity contribution is 5.34. The van der Waals surface area contributed by atoms with Crippen molar-refractivity contribution in [1.29, 1.82) is 0 Å². The van der Waals surface area contributed by atoms with Crippen molar-refractivity contribution in [2.75, 3.05) is 0 Å². The number of rotatable bonds is 3. The minimum atomic E-state index is -0.00838. The van der Waals surface area contributed by atoms with Crippen LogP contribution in [0.5, 0.6) is 0 Å². The lowest BCUT2D eigenvalue weighted by atomic mass is 9.95. The smallest absolute Gasteiger partial charge is 0.129 e. The third-order valence-corrected chi connectivity index (χ3v) is 2.67. The molecule has 0 saturated carbocycles. The standard InChI is InChI=1S/C13H19F/c1-5-6-11-7-8-12(9(2)3)13(14)10(11)4/h7-9H,5-6H2,1-4H3. The Hall–Kier alpha value is -0.850. The lowest BCUT2D eigenvalue weighted by molar-refractivity contribution is 0.586. The van der Waals surface area contributed by atoms with E-state index in [-0.39, 0.29) is 11.7 Å². The Morgan fingerprint density at radius 2 is 1.93 bits per heavy atom. The largest absolute Gasteiger partial charge is 0.206 e. The van der Waals surface area contributed by atoms with Gasteiger partial charge in [-0.25, -0.2) is 4.39 Å². The summed E-state index contributed by atoms with van der Waals surface area (Å²) in [5.41, 5.74) is 2.81. The van der Waals surface area contributed by atoms with Crippen LogP contribution < -0.4 is 0 Å². The Labute approximate surface area is 86.2 Å². The summed E-state index contributed by atoms with van der Waals surface area (Å²) in [6.07, 6.45) is 2.04. The van der Waals surface area contributed by atoms with Gasteiger partial charge in [0.15, 0.2) is 0 Å². The van der Waals surface area contributed by atoms with E-state index in [2.05, 4.69) is 13.0 Å². The van der Waals surface area contributed by atoms with Crippen LogP contribution in [0, 0.1) is 12.7 Å². The van der Waals surface area contributed by atoms with Gasteiger partial charge in [0.2, 0.25) is 0 Å². The number of hydrogen-bond donors (Lipinski definition) is 0. The number of hydrogen-bond acceptors (Lipinski definition) is 0. The lowest BCUT2D eigenvalue weighted by Crippen LogP contribution is -1.99. The van der Waals surface area contributed by atoms with Crippen LogP contribution in [-0.4, -0.2) is 0 Å². The fourth-order valence-corrected chi connectivity index (χ4v) is 1.73. The van der Waals surface area contributed by atoms with Crippen molar-refractivity contribution in [1.82, 2.24) is 0 Å². The number of benzene rings is 1. The van der Waals surface area contributed by atoms with Crippen molar-refractivity contribution >= 4 is 0 Å².